The van der Waals surface area contributed by atoms with E-state index < -0.39 is 5.54 Å². The zero-order chi connectivity index (χ0) is 14.6. The smallest absolute Gasteiger partial charge is 0.220 e. The zero-order valence-corrected chi connectivity index (χ0v) is 12.7. The molecule has 0 spiro atoms. The lowest BCUT2D eigenvalue weighted by molar-refractivity contribution is -0.123. The van der Waals surface area contributed by atoms with Crippen molar-refractivity contribution in [3.05, 3.63) is 29.3 Å². The van der Waals surface area contributed by atoms with Gasteiger partial charge in [-0.15, -0.1) is 11.3 Å². The molecule has 0 aliphatic rings. The third-order valence-electron chi connectivity index (χ3n) is 3.01. The molecule has 0 radical (unpaired) electrons. The van der Waals surface area contributed by atoms with Crippen LogP contribution in [0.25, 0.3) is 10.2 Å². The Morgan fingerprint density at radius 2 is 2.15 bits per heavy atom. The van der Waals surface area contributed by atoms with Crippen molar-refractivity contribution in [2.45, 2.75) is 38.6 Å². The van der Waals surface area contributed by atoms with Crippen LogP contribution in [0, 0.1) is 0 Å². The van der Waals surface area contributed by atoms with Crippen molar-refractivity contribution in [3.63, 3.8) is 0 Å². The molecule has 0 bridgehead atoms. The fourth-order valence-electron chi connectivity index (χ4n) is 1.91. The molecule has 1 aromatic carbocycles. The minimum Gasteiger partial charge on any atom is -0.394 e. The lowest BCUT2D eigenvalue weighted by atomic mass is 10.1. The van der Waals surface area contributed by atoms with E-state index in [0.29, 0.717) is 6.42 Å². The van der Waals surface area contributed by atoms with Crippen LogP contribution in [-0.4, -0.2) is 28.1 Å². The van der Waals surface area contributed by atoms with Crippen LogP contribution in [0.5, 0.6) is 0 Å². The number of thiazole rings is 1. The Hall–Kier alpha value is -1.46. The van der Waals surface area contributed by atoms with Gasteiger partial charge in [-0.2, -0.15) is 0 Å². The van der Waals surface area contributed by atoms with Crippen molar-refractivity contribution in [2.24, 2.45) is 0 Å². The van der Waals surface area contributed by atoms with Crippen molar-refractivity contribution in [3.8, 4) is 0 Å². The third-order valence-corrected chi connectivity index (χ3v) is 4.10. The van der Waals surface area contributed by atoms with Crippen molar-refractivity contribution in [1.82, 2.24) is 10.3 Å². The van der Waals surface area contributed by atoms with Crippen LogP contribution >= 0.6 is 11.3 Å². The van der Waals surface area contributed by atoms with Crippen LogP contribution < -0.4 is 5.32 Å². The normalized spacial score (nSPS) is 11.8. The molecule has 5 heteroatoms. The van der Waals surface area contributed by atoms with E-state index in [9.17, 15) is 4.79 Å². The van der Waals surface area contributed by atoms with Crippen LogP contribution in [0.3, 0.4) is 0 Å². The van der Waals surface area contributed by atoms with Gasteiger partial charge in [-0.25, -0.2) is 4.98 Å². The molecule has 1 heterocycles. The minimum atomic E-state index is -0.549. The number of carbonyl (C=O) groups is 1. The largest absolute Gasteiger partial charge is 0.394 e. The number of amides is 1. The second-order valence-electron chi connectivity index (χ2n) is 5.52. The average molecular weight is 292 g/mol. The molecule has 108 valence electrons. The molecular weight excluding hydrogens is 272 g/mol. The quantitative estimate of drug-likeness (QED) is 0.860. The van der Waals surface area contributed by atoms with Gasteiger partial charge in [0.05, 0.1) is 27.4 Å². The third kappa shape index (κ3) is 4.02. The maximum atomic E-state index is 11.7. The van der Waals surface area contributed by atoms with Crippen LogP contribution in [0.1, 0.15) is 31.7 Å². The summed E-state index contributed by atoms with van der Waals surface area (Å²) < 4.78 is 1.19. The molecule has 0 saturated heterocycles. The van der Waals surface area contributed by atoms with Gasteiger partial charge in [-0.05, 0) is 38.8 Å². The molecule has 4 nitrogen and oxygen atoms in total. The number of rotatable bonds is 6. The Labute approximate surface area is 122 Å². The van der Waals surface area contributed by atoms with E-state index in [1.165, 1.54) is 4.70 Å². The van der Waals surface area contributed by atoms with Crippen molar-refractivity contribution >= 4 is 27.5 Å². The lowest BCUT2D eigenvalue weighted by Gasteiger charge is -2.23. The molecule has 0 fully saturated rings. The molecular formula is C15H20N2O2S. The van der Waals surface area contributed by atoms with E-state index in [-0.39, 0.29) is 12.5 Å². The van der Waals surface area contributed by atoms with Crippen LogP contribution in [-0.2, 0) is 11.2 Å². The number of aryl methyl sites for hydroxylation is 1. The van der Waals surface area contributed by atoms with Crippen LogP contribution in [0.4, 0.5) is 0 Å². The highest BCUT2D eigenvalue weighted by atomic mass is 32.1. The van der Waals surface area contributed by atoms with Gasteiger partial charge in [0.15, 0.2) is 0 Å². The molecule has 0 saturated carbocycles. The number of aliphatic hydroxyl groups excluding tert-OH is 1. The maximum absolute atomic E-state index is 11.7. The molecule has 20 heavy (non-hydrogen) atoms. The van der Waals surface area contributed by atoms with Gasteiger partial charge < -0.3 is 10.4 Å². The van der Waals surface area contributed by atoms with Crippen molar-refractivity contribution < 1.29 is 9.90 Å². The summed E-state index contributed by atoms with van der Waals surface area (Å²) in [6.45, 7) is 3.55. The molecule has 2 N–H and O–H groups in total. The van der Waals surface area contributed by atoms with Gasteiger partial charge in [-0.1, -0.05) is 12.1 Å². The molecule has 1 aromatic heterocycles. The summed E-state index contributed by atoms with van der Waals surface area (Å²) in [5.41, 5.74) is 0.478. The first-order valence-corrected chi connectivity index (χ1v) is 7.58. The van der Waals surface area contributed by atoms with Crippen molar-refractivity contribution in [2.75, 3.05) is 6.61 Å². The van der Waals surface area contributed by atoms with Gasteiger partial charge in [-0.3, -0.25) is 4.79 Å². The monoisotopic (exact) mass is 292 g/mol. The number of aromatic nitrogens is 1. The number of para-hydroxylation sites is 1. The summed E-state index contributed by atoms with van der Waals surface area (Å²) in [4.78, 5) is 16.3. The molecule has 0 aliphatic carbocycles. The van der Waals surface area contributed by atoms with Crippen molar-refractivity contribution in [1.29, 1.82) is 0 Å². The Morgan fingerprint density at radius 3 is 2.85 bits per heavy atom. The second-order valence-corrected chi connectivity index (χ2v) is 6.63. The number of aliphatic hydroxyl groups is 1. The van der Waals surface area contributed by atoms with E-state index in [0.717, 1.165) is 23.4 Å². The maximum Gasteiger partial charge on any atom is 0.220 e. The van der Waals surface area contributed by atoms with Gasteiger partial charge in [0.1, 0.15) is 0 Å². The van der Waals surface area contributed by atoms with E-state index in [1.807, 2.05) is 18.2 Å². The van der Waals surface area contributed by atoms with Crippen LogP contribution in [0.2, 0.25) is 0 Å². The van der Waals surface area contributed by atoms with Gasteiger partial charge in [0.2, 0.25) is 5.91 Å². The molecule has 0 unspecified atom stereocenters. The van der Waals surface area contributed by atoms with E-state index in [2.05, 4.69) is 16.4 Å². The van der Waals surface area contributed by atoms with Crippen LogP contribution in [0.15, 0.2) is 24.3 Å². The number of hydrogen-bond donors (Lipinski definition) is 2. The fraction of sp³-hybridized carbons (Fsp3) is 0.467. The Bertz CT molecular complexity index is 559. The number of hydrogen-bond acceptors (Lipinski definition) is 4. The molecule has 2 aromatic rings. The fourth-order valence-corrected chi connectivity index (χ4v) is 2.92. The predicted octanol–water partition coefficient (Wildman–Crippen LogP) is 2.51. The Kier molecular flexibility index (Phi) is 4.73. The molecule has 0 atom stereocenters. The topological polar surface area (TPSA) is 62.2 Å². The highest BCUT2D eigenvalue weighted by molar-refractivity contribution is 7.18. The lowest BCUT2D eigenvalue weighted by Crippen LogP contribution is -2.46. The van der Waals surface area contributed by atoms with E-state index in [1.54, 1.807) is 25.2 Å². The Morgan fingerprint density at radius 1 is 1.40 bits per heavy atom. The summed E-state index contributed by atoms with van der Waals surface area (Å²) in [5, 5.41) is 13.0. The summed E-state index contributed by atoms with van der Waals surface area (Å²) >= 11 is 1.68. The standard InChI is InChI=1S/C15H20N2O2S/c1-15(2,10-18)17-13(19)8-5-9-14-16-11-6-3-4-7-12(11)20-14/h3-4,6-7,18H,5,8-10H2,1-2H3,(H,17,19). The summed E-state index contributed by atoms with van der Waals surface area (Å²) in [5.74, 6) is -0.0230. The van der Waals surface area contributed by atoms with Gasteiger partial charge in [0.25, 0.3) is 0 Å². The van der Waals surface area contributed by atoms with E-state index in [4.69, 9.17) is 5.11 Å². The first-order chi connectivity index (χ1) is 9.50. The SMILES string of the molecule is CC(C)(CO)NC(=O)CCCc1nc2ccccc2s1. The first kappa shape index (κ1) is 14.9. The number of nitrogens with one attached hydrogen (secondary N) is 1. The van der Waals surface area contributed by atoms with E-state index >= 15 is 0 Å². The summed E-state index contributed by atoms with van der Waals surface area (Å²) in [6, 6.07) is 8.06. The number of benzene rings is 1. The number of fused-ring (bicyclic) bond motifs is 1. The highest BCUT2D eigenvalue weighted by Gasteiger charge is 2.18. The summed E-state index contributed by atoms with van der Waals surface area (Å²) in [6.07, 6.45) is 2.04. The predicted molar refractivity (Wildman–Crippen MR) is 81.9 cm³/mol. The zero-order valence-electron chi connectivity index (χ0n) is 11.8. The molecule has 1 amide bonds. The first-order valence-electron chi connectivity index (χ1n) is 6.76. The molecule has 2 rings (SSSR count). The highest BCUT2D eigenvalue weighted by Crippen LogP contribution is 2.22. The average Bonchev–Trinajstić information content (AvgIpc) is 2.80. The Balaban J connectivity index is 1.82. The van der Waals surface area contributed by atoms with Gasteiger partial charge >= 0.3 is 0 Å². The number of carbonyl (C=O) groups excluding carboxylic acids is 1. The molecule has 0 aliphatic heterocycles. The minimum absolute atomic E-state index is 0.0230. The summed E-state index contributed by atoms with van der Waals surface area (Å²) in [7, 11) is 0. The van der Waals surface area contributed by atoms with Gasteiger partial charge in [0, 0.05) is 6.42 Å². The second kappa shape index (κ2) is 6.33. The number of nitrogens with zero attached hydrogens (tertiary/aromatic N) is 1.